The Balaban J connectivity index is 2.16. The molecule has 1 unspecified atom stereocenters. The first kappa shape index (κ1) is 15.8. The third kappa shape index (κ3) is 4.18. The third-order valence-corrected chi connectivity index (χ3v) is 4.27. The maximum Gasteiger partial charge on any atom is -0.00425 e. The van der Waals surface area contributed by atoms with Crippen LogP contribution in [0.3, 0.4) is 0 Å². The van der Waals surface area contributed by atoms with Gasteiger partial charge < -0.3 is 5.73 Å². The van der Waals surface area contributed by atoms with Gasteiger partial charge in [0.05, 0.1) is 0 Å². The van der Waals surface area contributed by atoms with E-state index >= 15 is 0 Å². The molecule has 0 amide bonds. The molecule has 0 bridgehead atoms. The van der Waals surface area contributed by atoms with Crippen molar-refractivity contribution in [2.75, 3.05) is 6.54 Å². The van der Waals surface area contributed by atoms with E-state index in [2.05, 4.69) is 64.1 Å². The van der Waals surface area contributed by atoms with E-state index in [0.717, 1.165) is 19.4 Å². The van der Waals surface area contributed by atoms with E-state index in [1.54, 1.807) is 0 Å². The number of hydrogen-bond acceptors (Lipinski definition) is 1. The van der Waals surface area contributed by atoms with Crippen molar-refractivity contribution < 1.29 is 0 Å². The van der Waals surface area contributed by atoms with E-state index < -0.39 is 0 Å². The zero-order valence-electron chi connectivity index (χ0n) is 13.7. The van der Waals surface area contributed by atoms with Crippen molar-refractivity contribution >= 4 is 0 Å². The Morgan fingerprint density at radius 1 is 0.857 bits per heavy atom. The average Bonchev–Trinajstić information content (AvgIpc) is 2.41. The van der Waals surface area contributed by atoms with Gasteiger partial charge >= 0.3 is 0 Å². The van der Waals surface area contributed by atoms with Gasteiger partial charge in [0, 0.05) is 0 Å². The van der Waals surface area contributed by atoms with Crippen molar-refractivity contribution in [2.45, 2.75) is 40.5 Å². The summed E-state index contributed by atoms with van der Waals surface area (Å²) in [7, 11) is 0. The number of rotatable bonds is 5. The molecule has 0 aromatic heterocycles. The molecule has 2 aromatic carbocycles. The summed E-state index contributed by atoms with van der Waals surface area (Å²) in [5.74, 6) is 0.506. The molecule has 0 saturated carbocycles. The lowest BCUT2D eigenvalue weighted by molar-refractivity contribution is 0.530. The van der Waals surface area contributed by atoms with Gasteiger partial charge in [0.2, 0.25) is 0 Å². The summed E-state index contributed by atoms with van der Waals surface area (Å²) in [5, 5.41) is 0. The molecule has 0 saturated heterocycles. The number of aryl methyl sites for hydroxylation is 4. The van der Waals surface area contributed by atoms with Crippen LogP contribution in [-0.2, 0) is 12.8 Å². The minimum atomic E-state index is 0.506. The monoisotopic (exact) mass is 281 g/mol. The molecule has 0 heterocycles. The lowest BCUT2D eigenvalue weighted by Gasteiger charge is -2.19. The maximum atomic E-state index is 6.04. The predicted molar refractivity (Wildman–Crippen MR) is 91.8 cm³/mol. The smallest absolute Gasteiger partial charge is 0.00425 e. The first-order valence-corrected chi connectivity index (χ1v) is 7.82. The molecular weight excluding hydrogens is 254 g/mol. The summed E-state index contributed by atoms with van der Waals surface area (Å²) < 4.78 is 0. The quantitative estimate of drug-likeness (QED) is 0.869. The first-order chi connectivity index (χ1) is 9.99. The van der Waals surface area contributed by atoms with Crippen LogP contribution in [0.1, 0.15) is 33.4 Å². The maximum absolute atomic E-state index is 6.04. The molecule has 1 heteroatoms. The Morgan fingerprint density at radius 2 is 1.52 bits per heavy atom. The Kier molecular flexibility index (Phi) is 5.19. The van der Waals surface area contributed by atoms with Crippen molar-refractivity contribution in [1.29, 1.82) is 0 Å². The Bertz CT molecular complexity index is 590. The fraction of sp³-hybridized carbons (Fsp3) is 0.400. The van der Waals surface area contributed by atoms with E-state index in [-0.39, 0.29) is 0 Å². The molecule has 1 nitrogen and oxygen atoms in total. The lowest BCUT2D eigenvalue weighted by atomic mass is 9.88. The van der Waals surface area contributed by atoms with Crippen molar-refractivity contribution in [2.24, 2.45) is 11.7 Å². The zero-order valence-corrected chi connectivity index (χ0v) is 13.7. The van der Waals surface area contributed by atoms with Crippen LogP contribution in [0.15, 0.2) is 36.4 Å². The van der Waals surface area contributed by atoms with Gasteiger partial charge in [0.25, 0.3) is 0 Å². The van der Waals surface area contributed by atoms with E-state index in [1.165, 1.54) is 33.4 Å². The van der Waals surface area contributed by atoms with Gasteiger partial charge in [0.1, 0.15) is 0 Å². The van der Waals surface area contributed by atoms with Crippen molar-refractivity contribution in [3.8, 4) is 0 Å². The fourth-order valence-corrected chi connectivity index (χ4v) is 3.23. The molecule has 0 aliphatic heterocycles. The molecule has 0 radical (unpaired) electrons. The molecule has 2 aromatic rings. The van der Waals surface area contributed by atoms with Crippen LogP contribution >= 0.6 is 0 Å². The molecule has 2 rings (SSSR count). The summed E-state index contributed by atoms with van der Waals surface area (Å²) in [5.41, 5.74) is 14.4. The summed E-state index contributed by atoms with van der Waals surface area (Å²) >= 11 is 0. The highest BCUT2D eigenvalue weighted by molar-refractivity contribution is 5.38. The van der Waals surface area contributed by atoms with Gasteiger partial charge in [-0.3, -0.25) is 0 Å². The second kappa shape index (κ2) is 6.91. The topological polar surface area (TPSA) is 26.0 Å². The van der Waals surface area contributed by atoms with E-state index in [4.69, 9.17) is 5.73 Å². The molecule has 1 atom stereocenters. The van der Waals surface area contributed by atoms with Gasteiger partial charge in [-0.2, -0.15) is 0 Å². The van der Waals surface area contributed by atoms with Crippen LogP contribution in [-0.4, -0.2) is 6.54 Å². The van der Waals surface area contributed by atoms with Crippen LogP contribution in [0.4, 0.5) is 0 Å². The van der Waals surface area contributed by atoms with Crippen LogP contribution in [0.5, 0.6) is 0 Å². The molecular formula is C20H27N. The van der Waals surface area contributed by atoms with Gasteiger partial charge in [-0.1, -0.05) is 47.5 Å². The van der Waals surface area contributed by atoms with Crippen molar-refractivity contribution in [3.05, 3.63) is 69.8 Å². The van der Waals surface area contributed by atoms with Crippen molar-refractivity contribution in [3.63, 3.8) is 0 Å². The molecule has 0 aliphatic rings. The van der Waals surface area contributed by atoms with Crippen molar-refractivity contribution in [1.82, 2.24) is 0 Å². The summed E-state index contributed by atoms with van der Waals surface area (Å²) in [6.07, 6.45) is 2.13. The number of nitrogens with two attached hydrogens (primary N) is 1. The van der Waals surface area contributed by atoms with Crippen LogP contribution < -0.4 is 5.73 Å². The molecule has 0 aliphatic carbocycles. The van der Waals surface area contributed by atoms with E-state index in [9.17, 15) is 0 Å². The molecule has 112 valence electrons. The predicted octanol–water partition coefficient (Wildman–Crippen LogP) is 4.28. The van der Waals surface area contributed by atoms with E-state index in [1.807, 2.05) is 0 Å². The van der Waals surface area contributed by atoms with E-state index in [0.29, 0.717) is 5.92 Å². The summed E-state index contributed by atoms with van der Waals surface area (Å²) in [4.78, 5) is 0. The van der Waals surface area contributed by atoms with Gasteiger partial charge in [-0.15, -0.1) is 0 Å². The van der Waals surface area contributed by atoms with Gasteiger partial charge in [0.15, 0.2) is 0 Å². The summed E-state index contributed by atoms with van der Waals surface area (Å²) in [6.45, 7) is 9.48. The average molecular weight is 281 g/mol. The van der Waals surface area contributed by atoms with Crippen LogP contribution in [0, 0.1) is 33.6 Å². The summed E-state index contributed by atoms with van der Waals surface area (Å²) in [6, 6.07) is 13.3. The molecule has 2 N–H and O–H groups in total. The molecule has 0 spiro atoms. The first-order valence-electron chi connectivity index (χ1n) is 7.82. The fourth-order valence-electron chi connectivity index (χ4n) is 3.23. The highest BCUT2D eigenvalue weighted by Gasteiger charge is 2.13. The Labute approximate surface area is 129 Å². The minimum absolute atomic E-state index is 0.506. The van der Waals surface area contributed by atoms with Gasteiger partial charge in [-0.05, 0) is 75.3 Å². The standard InChI is InChI=1S/C20H27N/c1-14-6-5-7-18(10-14)11-19(13-21)12-20-16(3)8-15(2)9-17(20)4/h5-10,19H,11-13,21H2,1-4H3. The largest absolute Gasteiger partial charge is 0.330 e. The van der Waals surface area contributed by atoms with Crippen LogP contribution in [0.25, 0.3) is 0 Å². The second-order valence-corrected chi connectivity index (χ2v) is 6.38. The minimum Gasteiger partial charge on any atom is -0.330 e. The molecule has 21 heavy (non-hydrogen) atoms. The number of hydrogen-bond donors (Lipinski definition) is 1. The lowest BCUT2D eigenvalue weighted by Crippen LogP contribution is -2.20. The van der Waals surface area contributed by atoms with Gasteiger partial charge in [-0.25, -0.2) is 0 Å². The highest BCUT2D eigenvalue weighted by Crippen LogP contribution is 2.22. The normalized spacial score (nSPS) is 12.4. The molecule has 0 fully saturated rings. The highest BCUT2D eigenvalue weighted by atomic mass is 14.5. The SMILES string of the molecule is Cc1cccc(CC(CN)Cc2c(C)cc(C)cc2C)c1. The Hall–Kier alpha value is -1.60. The zero-order chi connectivity index (χ0) is 15.4. The Morgan fingerprint density at radius 3 is 2.10 bits per heavy atom. The second-order valence-electron chi connectivity index (χ2n) is 6.38. The van der Waals surface area contributed by atoms with Crippen LogP contribution in [0.2, 0.25) is 0 Å². The number of benzene rings is 2. The third-order valence-electron chi connectivity index (χ3n) is 4.27.